The highest BCUT2D eigenvalue weighted by molar-refractivity contribution is 5.80. The van der Waals surface area contributed by atoms with Gasteiger partial charge in [0, 0.05) is 6.42 Å². The highest BCUT2D eigenvalue weighted by atomic mass is 16.6. The number of amides is 1. The van der Waals surface area contributed by atoms with Crippen molar-refractivity contribution in [1.82, 2.24) is 20.5 Å². The van der Waals surface area contributed by atoms with E-state index in [1.807, 2.05) is 0 Å². The van der Waals surface area contributed by atoms with Crippen molar-refractivity contribution in [3.8, 4) is 0 Å². The van der Waals surface area contributed by atoms with Crippen molar-refractivity contribution < 1.29 is 19.4 Å². The molecule has 0 aliphatic rings. The lowest BCUT2D eigenvalue weighted by atomic mass is 10.2. The van der Waals surface area contributed by atoms with Crippen LogP contribution in [-0.2, 0) is 16.0 Å². The van der Waals surface area contributed by atoms with E-state index in [9.17, 15) is 9.59 Å². The van der Waals surface area contributed by atoms with E-state index in [0.29, 0.717) is 5.82 Å². The third-order valence-electron chi connectivity index (χ3n) is 1.85. The van der Waals surface area contributed by atoms with Crippen molar-refractivity contribution in [2.75, 3.05) is 0 Å². The Balaban J connectivity index is 2.58. The molecule has 0 fully saturated rings. The lowest BCUT2D eigenvalue weighted by molar-refractivity contribution is -0.139. The lowest BCUT2D eigenvalue weighted by Gasteiger charge is -2.21. The summed E-state index contributed by atoms with van der Waals surface area (Å²) in [7, 11) is 0. The SMILES string of the molecule is CC(C)(C)OC(=O)NC(Cc1ncn[nH]1)C(=O)O. The topological polar surface area (TPSA) is 117 Å². The number of rotatable bonds is 4. The molecule has 3 N–H and O–H groups in total. The summed E-state index contributed by atoms with van der Waals surface area (Å²) < 4.78 is 4.98. The van der Waals surface area contributed by atoms with Crippen LogP contribution in [0.25, 0.3) is 0 Å². The molecule has 1 aromatic rings. The number of aliphatic carboxylic acids is 1. The third kappa shape index (κ3) is 4.81. The van der Waals surface area contributed by atoms with Gasteiger partial charge in [-0.2, -0.15) is 5.10 Å². The minimum atomic E-state index is -1.17. The molecule has 1 aromatic heterocycles. The number of hydrogen-bond acceptors (Lipinski definition) is 5. The number of aromatic amines is 1. The first-order valence-corrected chi connectivity index (χ1v) is 5.34. The smallest absolute Gasteiger partial charge is 0.408 e. The first-order valence-electron chi connectivity index (χ1n) is 5.34. The number of carboxylic acid groups (broad SMARTS) is 1. The Kier molecular flexibility index (Phi) is 4.24. The molecule has 0 saturated carbocycles. The van der Waals surface area contributed by atoms with Gasteiger partial charge in [0.05, 0.1) is 0 Å². The van der Waals surface area contributed by atoms with Crippen molar-refractivity contribution >= 4 is 12.1 Å². The van der Waals surface area contributed by atoms with Crippen LogP contribution in [0.15, 0.2) is 6.33 Å². The molecule has 0 spiro atoms. The van der Waals surface area contributed by atoms with Gasteiger partial charge in [-0.05, 0) is 20.8 Å². The quantitative estimate of drug-likeness (QED) is 0.714. The number of nitrogens with zero attached hydrogens (tertiary/aromatic N) is 2. The van der Waals surface area contributed by atoms with Gasteiger partial charge in [-0.25, -0.2) is 14.6 Å². The van der Waals surface area contributed by atoms with Crippen LogP contribution in [0.3, 0.4) is 0 Å². The molecular weight excluding hydrogens is 240 g/mol. The number of hydrogen-bond donors (Lipinski definition) is 3. The molecule has 0 aliphatic carbocycles. The monoisotopic (exact) mass is 256 g/mol. The number of carboxylic acids is 1. The largest absolute Gasteiger partial charge is 0.480 e. The fourth-order valence-corrected chi connectivity index (χ4v) is 1.17. The second-order valence-corrected chi connectivity index (χ2v) is 4.67. The van der Waals surface area contributed by atoms with Crippen molar-refractivity contribution in [3.63, 3.8) is 0 Å². The summed E-state index contributed by atoms with van der Waals surface area (Å²) >= 11 is 0. The minimum absolute atomic E-state index is 0.00851. The van der Waals surface area contributed by atoms with Gasteiger partial charge in [-0.1, -0.05) is 0 Å². The molecule has 1 rings (SSSR count). The van der Waals surface area contributed by atoms with Gasteiger partial charge < -0.3 is 15.2 Å². The van der Waals surface area contributed by atoms with E-state index in [0.717, 1.165) is 0 Å². The van der Waals surface area contributed by atoms with Crippen molar-refractivity contribution in [2.24, 2.45) is 0 Å². The molecule has 0 bridgehead atoms. The fourth-order valence-electron chi connectivity index (χ4n) is 1.17. The summed E-state index contributed by atoms with van der Waals surface area (Å²) in [6.07, 6.45) is 0.491. The van der Waals surface area contributed by atoms with Crippen molar-refractivity contribution in [3.05, 3.63) is 12.2 Å². The molecule has 8 nitrogen and oxygen atoms in total. The van der Waals surface area contributed by atoms with Crippen LogP contribution in [0.4, 0.5) is 4.79 Å². The molecule has 8 heteroatoms. The Hall–Kier alpha value is -2.12. The van der Waals surface area contributed by atoms with E-state index in [1.54, 1.807) is 20.8 Å². The summed E-state index contributed by atoms with van der Waals surface area (Å²) in [6.45, 7) is 5.08. The van der Waals surface area contributed by atoms with Gasteiger partial charge >= 0.3 is 12.1 Å². The second kappa shape index (κ2) is 5.48. The van der Waals surface area contributed by atoms with E-state index in [2.05, 4.69) is 20.5 Å². The van der Waals surface area contributed by atoms with E-state index in [4.69, 9.17) is 9.84 Å². The molecule has 0 radical (unpaired) electrons. The maximum absolute atomic E-state index is 11.5. The average Bonchev–Trinajstić information content (AvgIpc) is 2.66. The number of H-pyrrole nitrogens is 1. The third-order valence-corrected chi connectivity index (χ3v) is 1.85. The lowest BCUT2D eigenvalue weighted by Crippen LogP contribution is -2.44. The van der Waals surface area contributed by atoms with Crippen LogP contribution in [-0.4, -0.2) is 44.0 Å². The number of alkyl carbamates (subject to hydrolysis) is 1. The molecule has 1 atom stereocenters. The zero-order valence-corrected chi connectivity index (χ0v) is 10.4. The van der Waals surface area contributed by atoms with Gasteiger partial charge in [0.15, 0.2) is 0 Å². The molecule has 0 aliphatic heterocycles. The molecule has 0 aromatic carbocycles. The summed E-state index contributed by atoms with van der Waals surface area (Å²) in [4.78, 5) is 26.3. The number of aromatic nitrogens is 3. The number of carbonyl (C=O) groups excluding carboxylic acids is 1. The molecule has 1 heterocycles. The van der Waals surface area contributed by atoms with Crippen LogP contribution in [0.5, 0.6) is 0 Å². The summed E-state index contributed by atoms with van der Waals surface area (Å²) in [5.41, 5.74) is -0.681. The first kappa shape index (κ1) is 13.9. The summed E-state index contributed by atoms with van der Waals surface area (Å²) in [5.74, 6) is -0.796. The van der Waals surface area contributed by atoms with E-state index in [1.165, 1.54) is 6.33 Å². The maximum atomic E-state index is 11.5. The summed E-state index contributed by atoms with van der Waals surface area (Å²) in [5, 5.41) is 17.4. The Morgan fingerprint density at radius 1 is 1.56 bits per heavy atom. The molecule has 0 saturated heterocycles. The van der Waals surface area contributed by atoms with Gasteiger partial charge in [-0.15, -0.1) is 0 Å². The van der Waals surface area contributed by atoms with E-state index < -0.39 is 23.7 Å². The van der Waals surface area contributed by atoms with E-state index in [-0.39, 0.29) is 6.42 Å². The zero-order chi connectivity index (χ0) is 13.8. The van der Waals surface area contributed by atoms with Crippen LogP contribution in [0.2, 0.25) is 0 Å². The fraction of sp³-hybridized carbons (Fsp3) is 0.600. The van der Waals surface area contributed by atoms with Crippen LogP contribution < -0.4 is 5.32 Å². The van der Waals surface area contributed by atoms with Gasteiger partial charge in [-0.3, -0.25) is 5.10 Å². The Morgan fingerprint density at radius 2 is 2.22 bits per heavy atom. The molecule has 1 amide bonds. The maximum Gasteiger partial charge on any atom is 0.408 e. The zero-order valence-electron chi connectivity index (χ0n) is 10.4. The Labute approximate surface area is 104 Å². The van der Waals surface area contributed by atoms with Gasteiger partial charge in [0.2, 0.25) is 0 Å². The average molecular weight is 256 g/mol. The Morgan fingerprint density at radius 3 is 2.67 bits per heavy atom. The Bertz CT molecular complexity index is 410. The predicted molar refractivity (Wildman–Crippen MR) is 60.9 cm³/mol. The standard InChI is InChI=1S/C10H16N4O4/c1-10(2,3)18-9(17)13-6(8(15)16)4-7-11-5-12-14-7/h5-6H,4H2,1-3H3,(H,13,17)(H,15,16)(H,11,12,14). The highest BCUT2D eigenvalue weighted by Crippen LogP contribution is 2.07. The number of carbonyl (C=O) groups is 2. The molecule has 18 heavy (non-hydrogen) atoms. The summed E-state index contributed by atoms with van der Waals surface area (Å²) in [6, 6.07) is -1.12. The second-order valence-electron chi connectivity index (χ2n) is 4.67. The van der Waals surface area contributed by atoms with Gasteiger partial charge in [0.25, 0.3) is 0 Å². The van der Waals surface area contributed by atoms with E-state index >= 15 is 0 Å². The predicted octanol–water partition coefficient (Wildman–Crippen LogP) is 0.325. The molecule has 100 valence electrons. The van der Waals surface area contributed by atoms with Crippen LogP contribution >= 0.6 is 0 Å². The van der Waals surface area contributed by atoms with Crippen molar-refractivity contribution in [2.45, 2.75) is 38.8 Å². The van der Waals surface area contributed by atoms with Gasteiger partial charge in [0.1, 0.15) is 23.8 Å². The first-order chi connectivity index (χ1) is 8.28. The normalized spacial score (nSPS) is 12.8. The highest BCUT2D eigenvalue weighted by Gasteiger charge is 2.24. The van der Waals surface area contributed by atoms with Crippen LogP contribution in [0, 0.1) is 0 Å². The number of ether oxygens (including phenoxy) is 1. The number of nitrogens with one attached hydrogen (secondary N) is 2. The molecular formula is C10H16N4O4. The molecule has 1 unspecified atom stereocenters. The minimum Gasteiger partial charge on any atom is -0.480 e. The van der Waals surface area contributed by atoms with Crippen LogP contribution in [0.1, 0.15) is 26.6 Å². The van der Waals surface area contributed by atoms with Crippen molar-refractivity contribution in [1.29, 1.82) is 0 Å².